The molecule has 2 N–H and O–H groups in total. The first kappa shape index (κ1) is 132. The van der Waals surface area contributed by atoms with Crippen LogP contribution in [0.1, 0.15) is 345 Å². The quantitative estimate of drug-likeness (QED) is 0.0341. The minimum Gasteiger partial charge on any atom is -0.478 e. The number of ether oxygens (including phenoxy) is 12. The number of benzene rings is 2. The van der Waals surface area contributed by atoms with Gasteiger partial charge in [0.2, 0.25) is 23.5 Å². The number of piperidine rings is 1. The van der Waals surface area contributed by atoms with E-state index in [1.54, 1.807) is 6.20 Å². The molecule has 0 spiro atoms. The van der Waals surface area contributed by atoms with E-state index < -0.39 is 0 Å². The molecular weight excluding hydrogens is 1850 g/mol. The van der Waals surface area contributed by atoms with E-state index in [1.165, 1.54) is 41.6 Å². The molecule has 0 amide bonds. The van der Waals surface area contributed by atoms with E-state index in [2.05, 4.69) is 321 Å². The van der Waals surface area contributed by atoms with E-state index in [0.29, 0.717) is 75.9 Å². The maximum absolute atomic E-state index is 6.17. The van der Waals surface area contributed by atoms with Crippen molar-refractivity contribution >= 4 is 0 Å². The standard InChI is InChI=1S/C26H46N2O2.C23H41N3O3.2C21H37N3O2.C18H31NO.C14H23NO2/c1-25(2,3)27-20-23-12-7-11-22(19-23)13-9-17-29-18-10-16-28-15-8-14-24(21-28)30-26(4,5)6;1-22(2,3)28-17-15-26-13-11-25(12-14-26)10-7-16-27-21-9-8-20(18-24-21)19-29-23(4,5)6;2*1-20(2,3)24-13-11-23(12-14-24)10-7-15-25-19-9-8-18(16-22-19)17-26-21(4,5)6;1-17(2,3)19-14-16-10-7-9-15(13-16)11-8-12-20-18(4,5)6;1-13(2,3)16-10-11-7-8-12(15-9-11)17-14(4,5)6/h7,11-12,19,24,27H,8-10,13-18,20-21H2,1-6H3;8-9,18H,7,10-17,19H2,1-6H3;2*8-9,16H,7,10-15,17H2,1-6H3;7,9-10,13,19H,8,11-12,14H2,1-6H3;7-9H,10H2,1-6H3. The molecule has 0 bridgehead atoms. The third-order valence-electron chi connectivity index (χ3n) is 24.2. The molecular formula is C123H215N13O12. The van der Waals surface area contributed by atoms with E-state index in [1.807, 2.05) is 109 Å². The Morgan fingerprint density at radius 3 is 0.899 bits per heavy atom. The predicted octanol–water partition coefficient (Wildman–Crippen LogP) is 23.9. The van der Waals surface area contributed by atoms with Crippen molar-refractivity contribution in [3.8, 4) is 23.5 Å². The molecule has 0 aliphatic carbocycles. The highest BCUT2D eigenvalue weighted by Gasteiger charge is 2.30. The lowest BCUT2D eigenvalue weighted by atomic mass is 10.0. The Hall–Kier alpha value is -6.44. The van der Waals surface area contributed by atoms with Crippen LogP contribution in [0.2, 0.25) is 0 Å². The van der Waals surface area contributed by atoms with Crippen LogP contribution < -0.4 is 29.6 Å². The number of nitrogens with one attached hydrogen (secondary N) is 2. The van der Waals surface area contributed by atoms with Gasteiger partial charge in [-0.15, -0.1) is 0 Å². The molecule has 0 radical (unpaired) electrons. The van der Waals surface area contributed by atoms with Gasteiger partial charge in [0.05, 0.1) is 98.2 Å². The Kier molecular flexibility index (Phi) is 57.8. The number of aryl methyl sites for hydroxylation is 2. The molecule has 10 rings (SSSR count). The summed E-state index contributed by atoms with van der Waals surface area (Å²) in [4.78, 5) is 35.2. The number of hydrogen-bond acceptors (Lipinski definition) is 25. The molecule has 148 heavy (non-hydrogen) atoms. The number of pyridine rings is 4. The molecule has 2 aromatic carbocycles. The second kappa shape index (κ2) is 64.8. The van der Waals surface area contributed by atoms with Crippen molar-refractivity contribution in [3.63, 3.8) is 0 Å². The van der Waals surface area contributed by atoms with Crippen molar-refractivity contribution in [3.05, 3.63) is 166 Å². The van der Waals surface area contributed by atoms with E-state index in [-0.39, 0.29) is 67.0 Å². The smallest absolute Gasteiger partial charge is 0.213 e. The lowest BCUT2D eigenvalue weighted by Crippen LogP contribution is -2.53. The Labute approximate surface area is 903 Å². The van der Waals surface area contributed by atoms with Gasteiger partial charge in [0.25, 0.3) is 0 Å². The van der Waals surface area contributed by atoms with Gasteiger partial charge in [-0.05, 0) is 389 Å². The van der Waals surface area contributed by atoms with Gasteiger partial charge in [-0.1, -0.05) is 48.5 Å². The lowest BCUT2D eigenvalue weighted by molar-refractivity contribution is -0.0867. The summed E-state index contributed by atoms with van der Waals surface area (Å²) in [5.74, 6) is 2.73. The molecule has 4 saturated heterocycles. The molecule has 4 aliphatic rings. The molecule has 4 aromatic heterocycles. The number of piperazine rings is 3. The zero-order chi connectivity index (χ0) is 110. The Morgan fingerprint density at radius 2 is 0.581 bits per heavy atom. The molecule has 0 saturated carbocycles. The molecule has 1 atom stereocenters. The molecule has 6 aromatic rings. The van der Waals surface area contributed by atoms with Crippen molar-refractivity contribution in [1.82, 2.24) is 64.9 Å². The van der Waals surface area contributed by atoms with Crippen LogP contribution in [-0.4, -0.2) is 298 Å². The van der Waals surface area contributed by atoms with E-state index in [0.717, 1.165) is 231 Å². The van der Waals surface area contributed by atoms with Gasteiger partial charge < -0.3 is 87.1 Å². The molecule has 1 unspecified atom stereocenters. The number of likely N-dealkylation sites (tertiary alicyclic amines) is 1. The third kappa shape index (κ3) is 68.6. The summed E-state index contributed by atoms with van der Waals surface area (Å²) in [6.45, 7) is 108. The summed E-state index contributed by atoms with van der Waals surface area (Å²) in [6, 6.07) is 33.5. The van der Waals surface area contributed by atoms with Crippen molar-refractivity contribution in [1.29, 1.82) is 0 Å². The fourth-order valence-corrected chi connectivity index (χ4v) is 16.1. The summed E-state index contributed by atoms with van der Waals surface area (Å²) in [5, 5.41) is 7.09. The second-order valence-corrected chi connectivity index (χ2v) is 52.4. The van der Waals surface area contributed by atoms with Crippen LogP contribution in [0.25, 0.3) is 0 Å². The van der Waals surface area contributed by atoms with Crippen molar-refractivity contribution in [2.24, 2.45) is 0 Å². The van der Waals surface area contributed by atoms with Gasteiger partial charge in [0.15, 0.2) is 0 Å². The number of rotatable bonds is 44. The van der Waals surface area contributed by atoms with Crippen LogP contribution in [0.4, 0.5) is 0 Å². The lowest BCUT2D eigenvalue weighted by Gasteiger charge is -2.42. The highest BCUT2D eigenvalue weighted by Crippen LogP contribution is 2.27. The number of hydrogen-bond donors (Lipinski definition) is 2. The van der Waals surface area contributed by atoms with Crippen LogP contribution in [0.15, 0.2) is 122 Å². The van der Waals surface area contributed by atoms with Crippen molar-refractivity contribution in [2.45, 2.75) is 426 Å². The van der Waals surface area contributed by atoms with Gasteiger partial charge in [-0.3, -0.25) is 14.7 Å². The van der Waals surface area contributed by atoms with Gasteiger partial charge in [-0.2, -0.15) is 0 Å². The van der Waals surface area contributed by atoms with Gasteiger partial charge in [0, 0.05) is 222 Å². The summed E-state index contributed by atoms with van der Waals surface area (Å²) >= 11 is 0. The maximum Gasteiger partial charge on any atom is 0.213 e. The van der Waals surface area contributed by atoms with Gasteiger partial charge in [0.1, 0.15) is 5.60 Å². The summed E-state index contributed by atoms with van der Waals surface area (Å²) in [7, 11) is 0. The first-order valence-electron chi connectivity index (χ1n) is 56.0. The Bertz CT molecular complexity index is 4320. The molecule has 8 heterocycles. The highest BCUT2D eigenvalue weighted by molar-refractivity contribution is 5.26. The third-order valence-corrected chi connectivity index (χ3v) is 24.2. The highest BCUT2D eigenvalue weighted by atomic mass is 16.5. The minimum atomic E-state index is -0.212. The Morgan fingerprint density at radius 1 is 0.277 bits per heavy atom. The topological polar surface area (TPSA) is 209 Å². The van der Waals surface area contributed by atoms with Gasteiger partial charge >= 0.3 is 0 Å². The molecule has 4 aliphatic heterocycles. The Balaban J connectivity index is 0.000000315. The number of nitrogens with zero attached hydrogens (tertiary/aromatic N) is 11. The van der Waals surface area contributed by atoms with E-state index >= 15 is 0 Å². The molecule has 4 fully saturated rings. The largest absolute Gasteiger partial charge is 0.478 e. The van der Waals surface area contributed by atoms with Crippen LogP contribution in [-0.2, 0) is 90.3 Å². The first-order valence-corrected chi connectivity index (χ1v) is 56.0. The number of aromatic nitrogens is 4. The average Bonchev–Trinajstić information content (AvgIpc) is 0.862. The minimum absolute atomic E-state index is 0.0293. The fourth-order valence-electron chi connectivity index (χ4n) is 16.1. The molecule has 844 valence electrons. The first-order chi connectivity index (χ1) is 68.8. The normalized spacial score (nSPS) is 16.4. The van der Waals surface area contributed by atoms with Crippen LogP contribution in [0, 0.1) is 0 Å². The fraction of sp³-hybridized carbons (Fsp3) is 0.740. The summed E-state index contributed by atoms with van der Waals surface area (Å²) in [6.07, 6.45) is 18.7. The molecule has 25 nitrogen and oxygen atoms in total. The van der Waals surface area contributed by atoms with Crippen LogP contribution in [0.5, 0.6) is 23.5 Å². The van der Waals surface area contributed by atoms with E-state index in [9.17, 15) is 0 Å². The van der Waals surface area contributed by atoms with Crippen LogP contribution >= 0.6 is 0 Å². The van der Waals surface area contributed by atoms with Gasteiger partial charge in [-0.25, -0.2) is 19.9 Å². The maximum atomic E-state index is 6.17. The van der Waals surface area contributed by atoms with Crippen LogP contribution in [0.3, 0.4) is 0 Å². The second-order valence-electron chi connectivity index (χ2n) is 52.4. The van der Waals surface area contributed by atoms with Crippen molar-refractivity contribution in [2.75, 3.05) is 171 Å². The monoisotopic (exact) mass is 2070 g/mol. The summed E-state index contributed by atoms with van der Waals surface area (Å²) in [5.41, 5.74) is 9.82. The molecule has 25 heteroatoms. The predicted molar refractivity (Wildman–Crippen MR) is 614 cm³/mol. The summed E-state index contributed by atoms with van der Waals surface area (Å²) < 4.78 is 69.7. The average molecular weight is 2070 g/mol. The zero-order valence-corrected chi connectivity index (χ0v) is 101. The zero-order valence-electron chi connectivity index (χ0n) is 101. The van der Waals surface area contributed by atoms with Crippen molar-refractivity contribution < 1.29 is 56.8 Å². The SMILES string of the molecule is CC(C)(C)NCc1cccc(CCCOC(C)(C)C)c1.CC(C)(C)NCc1cccc(CCCOCCCN2CCCC(OC(C)(C)C)C2)c1.CC(C)(C)OCCN1CCN(CCCOc2ccc(COC(C)(C)C)cn2)CC1.CC(C)(C)OCc1ccc(OC(C)(C)C)nc1.CC(C)(C)OCc1ccc(OCCCN2CCN(C(C)(C)C)CC2)nc1.CC(C)(C)OCc1ccc(OCCCN2CCN(C(C)(C)C)CC2)nc1. The van der Waals surface area contributed by atoms with E-state index in [4.69, 9.17) is 56.8 Å².